The van der Waals surface area contributed by atoms with Crippen molar-refractivity contribution in [2.75, 3.05) is 43.4 Å². The first-order chi connectivity index (χ1) is 17.2. The zero-order valence-corrected chi connectivity index (χ0v) is 19.4. The summed E-state index contributed by atoms with van der Waals surface area (Å²) in [4.78, 5) is 13.3. The number of rotatable bonds is 4. The molecule has 0 unspecified atom stereocenters. The van der Waals surface area contributed by atoms with Crippen LogP contribution in [0.3, 0.4) is 0 Å². The Labute approximate surface area is 204 Å². The van der Waals surface area contributed by atoms with Gasteiger partial charge in [0.1, 0.15) is 5.75 Å². The number of anilines is 2. The van der Waals surface area contributed by atoms with Crippen LogP contribution in [0.25, 0.3) is 11.3 Å². The van der Waals surface area contributed by atoms with Gasteiger partial charge in [-0.05, 0) is 35.8 Å². The van der Waals surface area contributed by atoms with E-state index in [1.807, 2.05) is 24.3 Å². The lowest BCUT2D eigenvalue weighted by atomic mass is 10.1. The summed E-state index contributed by atoms with van der Waals surface area (Å²) in [5, 5.41) is 18.6. The van der Waals surface area contributed by atoms with E-state index in [1.165, 1.54) is 0 Å². The van der Waals surface area contributed by atoms with Crippen LogP contribution in [-0.2, 0) is 0 Å². The molecule has 0 atom stereocenters. The van der Waals surface area contributed by atoms with Crippen LogP contribution in [0.4, 0.5) is 17.3 Å². The number of aromatic nitrogens is 4. The Kier molecular flexibility index (Phi) is 6.52. The van der Waals surface area contributed by atoms with Crippen LogP contribution in [0, 0.1) is 11.8 Å². The first kappa shape index (κ1) is 22.3. The quantitative estimate of drug-likeness (QED) is 0.445. The highest BCUT2D eigenvalue weighted by atomic mass is 16.3. The number of nitrogens with two attached hydrogens (primary N) is 1. The molecule has 0 aliphatic carbocycles. The van der Waals surface area contributed by atoms with E-state index < -0.39 is 0 Å². The van der Waals surface area contributed by atoms with Gasteiger partial charge >= 0.3 is 11.6 Å². The number of aromatic hydroxyl groups is 1. The van der Waals surface area contributed by atoms with Crippen LogP contribution in [0.5, 0.6) is 5.75 Å². The molecule has 3 N–H and O–H groups in total. The van der Waals surface area contributed by atoms with Crippen molar-refractivity contribution in [2.24, 2.45) is 0 Å². The molecule has 3 aromatic rings. The first-order valence-corrected chi connectivity index (χ1v) is 11.7. The van der Waals surface area contributed by atoms with E-state index in [9.17, 15) is 5.11 Å². The number of phenolic OH excluding ortho intramolecular Hbond substituents is 1. The minimum atomic E-state index is 0.158. The Hall–Kier alpha value is -4.45. The summed E-state index contributed by atoms with van der Waals surface area (Å²) in [6, 6.07) is 10.9. The number of hydrogen-bond donors (Lipinski definition) is 2. The Balaban J connectivity index is 1.34. The molecule has 1 aromatic carbocycles. The second kappa shape index (κ2) is 10.2. The maximum absolute atomic E-state index is 10.2. The van der Waals surface area contributed by atoms with E-state index in [4.69, 9.17) is 5.73 Å². The van der Waals surface area contributed by atoms with Gasteiger partial charge < -0.3 is 20.6 Å². The normalized spacial score (nSPS) is 15.4. The Morgan fingerprint density at radius 1 is 1.14 bits per heavy atom. The average Bonchev–Trinajstić information content (AvgIpc) is 3.27. The fraction of sp³-hybridized carbons (Fsp3) is 0.269. The molecule has 4 heterocycles. The lowest BCUT2D eigenvalue weighted by Crippen LogP contribution is -2.27. The lowest BCUT2D eigenvalue weighted by molar-refractivity contribution is -0.439. The summed E-state index contributed by atoms with van der Waals surface area (Å²) in [7, 11) is 0. The third-order valence-corrected chi connectivity index (χ3v) is 5.99. The van der Waals surface area contributed by atoms with E-state index >= 15 is 0 Å². The summed E-state index contributed by atoms with van der Waals surface area (Å²) < 4.78 is 2.13. The SMILES string of the molecule is Nc1nnc(-c2ccccc2O)cc1N1CC=[N+](c2ccnc(C#CCN3C=CCC3)n2)CCC1. The van der Waals surface area contributed by atoms with Gasteiger partial charge in [0.2, 0.25) is 0 Å². The summed E-state index contributed by atoms with van der Waals surface area (Å²) in [6.07, 6.45) is 10.1. The van der Waals surface area contributed by atoms with Gasteiger partial charge in [0.05, 0.1) is 43.3 Å². The summed E-state index contributed by atoms with van der Waals surface area (Å²) in [6.45, 7) is 3.93. The summed E-state index contributed by atoms with van der Waals surface area (Å²) in [5.74, 6) is 8.11. The fourth-order valence-electron chi connectivity index (χ4n) is 4.16. The van der Waals surface area contributed by atoms with E-state index in [0.717, 1.165) is 44.0 Å². The van der Waals surface area contributed by atoms with Gasteiger partial charge in [0.15, 0.2) is 5.82 Å². The molecule has 9 heteroatoms. The summed E-state index contributed by atoms with van der Waals surface area (Å²) >= 11 is 0. The van der Waals surface area contributed by atoms with Crippen molar-refractivity contribution >= 4 is 23.5 Å². The number of hydrogen-bond acceptors (Lipinski definition) is 8. The molecule has 0 amide bonds. The zero-order chi connectivity index (χ0) is 24.0. The van der Waals surface area contributed by atoms with E-state index in [-0.39, 0.29) is 5.75 Å². The van der Waals surface area contributed by atoms with Crippen LogP contribution >= 0.6 is 0 Å². The Morgan fingerprint density at radius 2 is 2.06 bits per heavy atom. The van der Waals surface area contributed by atoms with Gasteiger partial charge in [-0.15, -0.1) is 10.2 Å². The van der Waals surface area contributed by atoms with Crippen LogP contribution in [0.15, 0.2) is 54.9 Å². The van der Waals surface area contributed by atoms with Gasteiger partial charge in [-0.3, -0.25) is 0 Å². The zero-order valence-electron chi connectivity index (χ0n) is 19.4. The van der Waals surface area contributed by atoms with Crippen molar-refractivity contribution < 1.29 is 9.68 Å². The molecule has 5 rings (SSSR count). The standard InChI is InChI=1S/C26H26N8O/c27-26-22(19-21(30-31-26)20-7-1-2-8-23(20)35)33-15-6-16-34(18-17-33)25-10-11-28-24(29-25)9-5-14-32-12-3-4-13-32/h1-3,7-8,10-12,18-19H,4,6,13-17H2,(H2-,27,30,31,35)/p+1. The second-order valence-electron chi connectivity index (χ2n) is 8.38. The highest BCUT2D eigenvalue weighted by Gasteiger charge is 2.20. The van der Waals surface area contributed by atoms with Crippen molar-refractivity contribution in [3.8, 4) is 28.8 Å². The van der Waals surface area contributed by atoms with E-state index in [2.05, 4.69) is 64.9 Å². The topological polar surface area (TPSA) is 107 Å². The third kappa shape index (κ3) is 5.22. The number of phenols is 1. The van der Waals surface area contributed by atoms with Crippen LogP contribution in [0.1, 0.15) is 18.7 Å². The van der Waals surface area contributed by atoms with Crippen molar-refractivity contribution in [3.63, 3.8) is 0 Å². The molecule has 0 spiro atoms. The molecule has 0 saturated carbocycles. The number of nitrogens with zero attached hydrogens (tertiary/aromatic N) is 7. The molecule has 35 heavy (non-hydrogen) atoms. The Morgan fingerprint density at radius 3 is 2.91 bits per heavy atom. The number of nitrogen functional groups attached to an aromatic ring is 1. The smallest absolute Gasteiger partial charge is 0.327 e. The van der Waals surface area contributed by atoms with Crippen LogP contribution in [-0.4, -0.2) is 73.7 Å². The predicted octanol–water partition coefficient (Wildman–Crippen LogP) is 2.42. The molecule has 2 aliphatic rings. The van der Waals surface area contributed by atoms with E-state index in [1.54, 1.807) is 18.3 Å². The van der Waals surface area contributed by atoms with Crippen molar-refractivity contribution in [3.05, 3.63) is 60.7 Å². The molecular weight excluding hydrogens is 440 g/mol. The third-order valence-electron chi connectivity index (χ3n) is 5.99. The van der Waals surface area contributed by atoms with Crippen molar-refractivity contribution in [1.82, 2.24) is 25.1 Å². The monoisotopic (exact) mass is 467 g/mol. The molecule has 9 nitrogen and oxygen atoms in total. The average molecular weight is 468 g/mol. The molecule has 176 valence electrons. The number of para-hydroxylation sites is 1. The lowest BCUT2D eigenvalue weighted by Gasteiger charge is -2.22. The maximum atomic E-state index is 10.2. The predicted molar refractivity (Wildman–Crippen MR) is 135 cm³/mol. The molecule has 0 bridgehead atoms. The molecule has 0 saturated heterocycles. The molecule has 0 radical (unpaired) electrons. The number of benzene rings is 1. The van der Waals surface area contributed by atoms with Gasteiger partial charge in [0.25, 0.3) is 0 Å². The maximum Gasteiger partial charge on any atom is 0.327 e. The highest BCUT2D eigenvalue weighted by Crippen LogP contribution is 2.31. The largest absolute Gasteiger partial charge is 0.507 e. The van der Waals surface area contributed by atoms with Gasteiger partial charge in [-0.2, -0.15) is 0 Å². The molecule has 0 fully saturated rings. The van der Waals surface area contributed by atoms with Crippen molar-refractivity contribution in [2.45, 2.75) is 12.8 Å². The minimum Gasteiger partial charge on any atom is -0.507 e. The van der Waals surface area contributed by atoms with Crippen LogP contribution < -0.4 is 10.6 Å². The minimum absolute atomic E-state index is 0.158. The molecular formula is C26H27N8O+. The van der Waals surface area contributed by atoms with Gasteiger partial charge in [0, 0.05) is 37.2 Å². The second-order valence-corrected chi connectivity index (χ2v) is 8.38. The Bertz CT molecular complexity index is 1340. The van der Waals surface area contributed by atoms with E-state index in [0.29, 0.717) is 36.0 Å². The fourth-order valence-corrected chi connectivity index (χ4v) is 4.16. The van der Waals surface area contributed by atoms with Crippen LogP contribution in [0.2, 0.25) is 0 Å². The van der Waals surface area contributed by atoms with Crippen molar-refractivity contribution in [1.29, 1.82) is 0 Å². The highest BCUT2D eigenvalue weighted by molar-refractivity contribution is 5.76. The summed E-state index contributed by atoms with van der Waals surface area (Å²) in [5.41, 5.74) is 8.19. The van der Waals surface area contributed by atoms with Gasteiger partial charge in [-0.1, -0.05) is 24.1 Å². The molecule has 2 aromatic heterocycles. The first-order valence-electron chi connectivity index (χ1n) is 11.7. The van der Waals surface area contributed by atoms with Gasteiger partial charge in [-0.25, -0.2) is 9.56 Å². The molecule has 2 aliphatic heterocycles.